The lowest BCUT2D eigenvalue weighted by Crippen LogP contribution is -2.23. The molecular formula is C18H20O2. The molecule has 104 valence electrons. The van der Waals surface area contributed by atoms with Gasteiger partial charge in [0.05, 0.1) is 0 Å². The molecule has 0 aromatic heterocycles. The third-order valence-corrected chi connectivity index (χ3v) is 4.61. The van der Waals surface area contributed by atoms with Crippen LogP contribution in [0.1, 0.15) is 43.9 Å². The van der Waals surface area contributed by atoms with Crippen LogP contribution in [0, 0.1) is 0 Å². The predicted molar refractivity (Wildman–Crippen MR) is 80.3 cm³/mol. The molecule has 2 heteroatoms. The zero-order chi connectivity index (χ0) is 14.5. The maximum atomic E-state index is 9.85. The zero-order valence-corrected chi connectivity index (χ0v) is 12.1. The molecule has 0 amide bonds. The Kier molecular flexibility index (Phi) is 2.62. The molecule has 0 fully saturated rings. The molecule has 3 rings (SSSR count). The lowest BCUT2D eigenvalue weighted by atomic mass is 9.75. The van der Waals surface area contributed by atoms with Crippen LogP contribution in [0.15, 0.2) is 42.5 Å². The number of phenolic OH excluding ortho intramolecular Hbond substituents is 2. The monoisotopic (exact) mass is 268 g/mol. The van der Waals surface area contributed by atoms with Crippen LogP contribution in [-0.4, -0.2) is 10.2 Å². The lowest BCUT2D eigenvalue weighted by Gasteiger charge is -2.28. The maximum absolute atomic E-state index is 9.85. The fraction of sp³-hybridized carbons (Fsp3) is 0.333. The van der Waals surface area contributed by atoms with Crippen LogP contribution in [-0.2, 0) is 10.8 Å². The van der Waals surface area contributed by atoms with Gasteiger partial charge in [-0.25, -0.2) is 0 Å². The highest BCUT2D eigenvalue weighted by molar-refractivity contribution is 5.54. The molecule has 0 saturated heterocycles. The molecule has 0 saturated carbocycles. The highest BCUT2D eigenvalue weighted by atomic mass is 16.3. The van der Waals surface area contributed by atoms with Crippen LogP contribution < -0.4 is 0 Å². The molecule has 0 aliphatic heterocycles. The minimum Gasteiger partial charge on any atom is -0.508 e. The van der Waals surface area contributed by atoms with E-state index < -0.39 is 0 Å². The molecule has 0 bridgehead atoms. The second-order valence-corrected chi connectivity index (χ2v) is 6.67. The van der Waals surface area contributed by atoms with E-state index in [1.54, 1.807) is 12.1 Å². The Labute approximate surface area is 119 Å². The van der Waals surface area contributed by atoms with Gasteiger partial charge in [0.2, 0.25) is 0 Å². The standard InChI is InChI=1S/C18H20O2/c1-17(2)11-18(3,12-5-4-6-13(19)9-12)16-10-14(20)7-8-15(16)17/h4-10,19-20H,11H2,1-3H3. The number of aromatic hydroxyl groups is 2. The molecule has 2 aromatic rings. The molecule has 20 heavy (non-hydrogen) atoms. The van der Waals surface area contributed by atoms with E-state index in [1.165, 1.54) is 5.56 Å². The van der Waals surface area contributed by atoms with Crippen LogP contribution in [0.4, 0.5) is 0 Å². The first kappa shape index (κ1) is 13.0. The quantitative estimate of drug-likeness (QED) is 0.818. The fourth-order valence-corrected chi connectivity index (χ4v) is 3.76. The molecule has 0 radical (unpaired) electrons. The molecule has 0 spiro atoms. The van der Waals surface area contributed by atoms with Crippen molar-refractivity contribution in [1.29, 1.82) is 0 Å². The second kappa shape index (κ2) is 4.02. The Morgan fingerprint density at radius 2 is 1.55 bits per heavy atom. The second-order valence-electron chi connectivity index (χ2n) is 6.67. The van der Waals surface area contributed by atoms with Gasteiger partial charge >= 0.3 is 0 Å². The van der Waals surface area contributed by atoms with Crippen LogP contribution in [0.5, 0.6) is 11.5 Å². The molecule has 2 N–H and O–H groups in total. The van der Waals surface area contributed by atoms with Crippen LogP contribution in [0.3, 0.4) is 0 Å². The molecule has 1 aliphatic rings. The van der Waals surface area contributed by atoms with E-state index in [0.29, 0.717) is 5.75 Å². The first-order valence-corrected chi connectivity index (χ1v) is 6.96. The zero-order valence-electron chi connectivity index (χ0n) is 12.1. The predicted octanol–water partition coefficient (Wildman–Crippen LogP) is 4.09. The van der Waals surface area contributed by atoms with Gasteiger partial charge in [-0.15, -0.1) is 0 Å². The molecule has 2 aromatic carbocycles. The van der Waals surface area contributed by atoms with E-state index >= 15 is 0 Å². The summed E-state index contributed by atoms with van der Waals surface area (Å²) in [6, 6.07) is 13.1. The summed E-state index contributed by atoms with van der Waals surface area (Å²) in [5.74, 6) is 0.586. The van der Waals surface area contributed by atoms with Crippen molar-refractivity contribution in [3.8, 4) is 11.5 Å². The van der Waals surface area contributed by atoms with Crippen molar-refractivity contribution < 1.29 is 10.2 Å². The van der Waals surface area contributed by atoms with Crippen molar-refractivity contribution >= 4 is 0 Å². The number of fused-ring (bicyclic) bond motifs is 1. The maximum Gasteiger partial charge on any atom is 0.115 e. The van der Waals surface area contributed by atoms with Crippen molar-refractivity contribution in [2.45, 2.75) is 38.0 Å². The SMILES string of the molecule is CC1(C)CC(C)(c2cccc(O)c2)c2cc(O)ccc21. The van der Waals surface area contributed by atoms with Crippen molar-refractivity contribution in [2.24, 2.45) is 0 Å². The van der Waals surface area contributed by atoms with Gasteiger partial charge in [0.15, 0.2) is 0 Å². The van der Waals surface area contributed by atoms with E-state index in [2.05, 4.69) is 26.8 Å². The van der Waals surface area contributed by atoms with Gasteiger partial charge in [0.1, 0.15) is 11.5 Å². The van der Waals surface area contributed by atoms with Crippen molar-refractivity contribution in [2.75, 3.05) is 0 Å². The summed E-state index contributed by atoms with van der Waals surface area (Å²) in [5.41, 5.74) is 3.41. The van der Waals surface area contributed by atoms with E-state index in [9.17, 15) is 10.2 Å². The molecule has 2 nitrogen and oxygen atoms in total. The number of phenols is 2. The van der Waals surface area contributed by atoms with Gasteiger partial charge in [-0.05, 0) is 52.8 Å². The average molecular weight is 268 g/mol. The minimum absolute atomic E-state index is 0.0588. The normalized spacial score (nSPS) is 23.6. The van der Waals surface area contributed by atoms with E-state index in [-0.39, 0.29) is 16.6 Å². The Hall–Kier alpha value is -1.96. The number of rotatable bonds is 1. The first-order valence-electron chi connectivity index (χ1n) is 6.96. The summed E-state index contributed by atoms with van der Waals surface area (Å²) < 4.78 is 0. The Bertz CT molecular complexity index is 673. The highest BCUT2D eigenvalue weighted by Crippen LogP contribution is 2.53. The molecular weight excluding hydrogens is 248 g/mol. The highest BCUT2D eigenvalue weighted by Gasteiger charge is 2.45. The number of benzene rings is 2. The van der Waals surface area contributed by atoms with Crippen LogP contribution in [0.25, 0.3) is 0 Å². The third kappa shape index (κ3) is 1.79. The summed E-state index contributed by atoms with van der Waals surface area (Å²) in [5, 5.41) is 19.6. The summed E-state index contributed by atoms with van der Waals surface area (Å²) in [6.45, 7) is 6.66. The van der Waals surface area contributed by atoms with Gasteiger partial charge in [0.25, 0.3) is 0 Å². The van der Waals surface area contributed by atoms with E-state index in [4.69, 9.17) is 0 Å². The van der Waals surface area contributed by atoms with Gasteiger partial charge in [0, 0.05) is 5.41 Å². The van der Waals surface area contributed by atoms with Gasteiger partial charge in [-0.1, -0.05) is 39.0 Å². The largest absolute Gasteiger partial charge is 0.508 e. The molecule has 1 unspecified atom stereocenters. The van der Waals surface area contributed by atoms with Gasteiger partial charge in [-0.3, -0.25) is 0 Å². The van der Waals surface area contributed by atoms with Crippen LogP contribution >= 0.6 is 0 Å². The van der Waals surface area contributed by atoms with Crippen molar-refractivity contribution in [3.05, 3.63) is 59.2 Å². The Morgan fingerprint density at radius 1 is 0.850 bits per heavy atom. The average Bonchev–Trinajstić information content (AvgIpc) is 2.57. The fourth-order valence-electron chi connectivity index (χ4n) is 3.76. The lowest BCUT2D eigenvalue weighted by molar-refractivity contribution is 0.420. The van der Waals surface area contributed by atoms with E-state index in [1.807, 2.05) is 24.3 Å². The summed E-state index contributed by atoms with van der Waals surface area (Å²) in [4.78, 5) is 0. The first-order chi connectivity index (χ1) is 9.33. The number of hydrogen-bond donors (Lipinski definition) is 2. The third-order valence-electron chi connectivity index (χ3n) is 4.61. The molecule has 1 atom stereocenters. The van der Waals surface area contributed by atoms with Gasteiger partial charge < -0.3 is 10.2 Å². The Morgan fingerprint density at radius 3 is 2.25 bits per heavy atom. The van der Waals surface area contributed by atoms with Crippen LogP contribution in [0.2, 0.25) is 0 Å². The Balaban J connectivity index is 2.24. The van der Waals surface area contributed by atoms with Crippen molar-refractivity contribution in [1.82, 2.24) is 0 Å². The smallest absolute Gasteiger partial charge is 0.115 e. The summed E-state index contributed by atoms with van der Waals surface area (Å²) in [7, 11) is 0. The number of hydrogen-bond acceptors (Lipinski definition) is 2. The van der Waals surface area contributed by atoms with E-state index in [0.717, 1.165) is 17.5 Å². The van der Waals surface area contributed by atoms with Crippen molar-refractivity contribution in [3.63, 3.8) is 0 Å². The molecule has 0 heterocycles. The topological polar surface area (TPSA) is 40.5 Å². The summed E-state index contributed by atoms with van der Waals surface area (Å²) in [6.07, 6.45) is 0.961. The minimum atomic E-state index is -0.184. The van der Waals surface area contributed by atoms with Gasteiger partial charge in [-0.2, -0.15) is 0 Å². The summed E-state index contributed by atoms with van der Waals surface area (Å²) >= 11 is 0. The molecule has 1 aliphatic carbocycles.